The largest absolute Gasteiger partial charge is 0.464 e. The van der Waals surface area contributed by atoms with E-state index in [9.17, 15) is 4.79 Å². The van der Waals surface area contributed by atoms with E-state index in [4.69, 9.17) is 4.74 Å². The summed E-state index contributed by atoms with van der Waals surface area (Å²) in [5.41, 5.74) is 0.807. The van der Waals surface area contributed by atoms with Gasteiger partial charge in [0, 0.05) is 18.5 Å². The molecule has 0 spiro atoms. The molecule has 2 heterocycles. The molecular weight excluding hydrogens is 154 g/mol. The second-order valence-electron chi connectivity index (χ2n) is 3.76. The van der Waals surface area contributed by atoms with Crippen LogP contribution in [-0.4, -0.2) is 30.6 Å². The molecule has 64 valence electrons. The van der Waals surface area contributed by atoms with Crippen molar-refractivity contribution in [3.05, 3.63) is 11.8 Å². The van der Waals surface area contributed by atoms with Crippen LogP contribution < -0.4 is 0 Å². The van der Waals surface area contributed by atoms with E-state index in [1.165, 1.54) is 13.5 Å². The lowest BCUT2D eigenvalue weighted by atomic mass is 10.2. The summed E-state index contributed by atoms with van der Waals surface area (Å²) >= 11 is 0. The summed E-state index contributed by atoms with van der Waals surface area (Å²) in [6.07, 6.45) is 3.35. The van der Waals surface area contributed by atoms with Crippen LogP contribution in [0.5, 0.6) is 0 Å². The molecule has 2 aliphatic heterocycles. The zero-order valence-electron chi connectivity index (χ0n) is 6.99. The topological polar surface area (TPSA) is 29.5 Å². The fourth-order valence-corrected chi connectivity index (χ4v) is 2.69. The zero-order chi connectivity index (χ0) is 8.29. The Morgan fingerprint density at radius 1 is 1.75 bits per heavy atom. The van der Waals surface area contributed by atoms with E-state index in [0.29, 0.717) is 12.0 Å². The Morgan fingerprint density at radius 2 is 2.58 bits per heavy atom. The summed E-state index contributed by atoms with van der Waals surface area (Å²) in [5.74, 6) is 1.37. The molecule has 3 aliphatic rings. The van der Waals surface area contributed by atoms with Crippen LogP contribution in [0.3, 0.4) is 0 Å². The minimum absolute atomic E-state index is 0.164. The average Bonchev–Trinajstić information content (AvgIpc) is 2.48. The fourth-order valence-electron chi connectivity index (χ4n) is 2.69. The molecule has 0 aromatic rings. The first kappa shape index (κ1) is 6.52. The molecule has 0 radical (unpaired) electrons. The van der Waals surface area contributed by atoms with Crippen molar-refractivity contribution in [2.75, 3.05) is 13.7 Å². The molecule has 1 saturated carbocycles. The van der Waals surface area contributed by atoms with Crippen molar-refractivity contribution in [3.8, 4) is 0 Å². The van der Waals surface area contributed by atoms with Gasteiger partial charge in [0.05, 0.1) is 7.11 Å². The molecule has 12 heavy (non-hydrogen) atoms. The van der Waals surface area contributed by atoms with E-state index in [0.717, 1.165) is 18.2 Å². The zero-order valence-corrected chi connectivity index (χ0v) is 6.99. The van der Waals surface area contributed by atoms with E-state index < -0.39 is 0 Å². The van der Waals surface area contributed by atoms with Gasteiger partial charge in [-0.25, -0.2) is 4.79 Å². The van der Waals surface area contributed by atoms with Crippen LogP contribution in [0.2, 0.25) is 0 Å². The maximum atomic E-state index is 11.2. The van der Waals surface area contributed by atoms with Crippen LogP contribution in [0.25, 0.3) is 0 Å². The van der Waals surface area contributed by atoms with Gasteiger partial charge >= 0.3 is 5.97 Å². The number of rotatable bonds is 1. The van der Waals surface area contributed by atoms with Gasteiger partial charge < -0.3 is 9.64 Å². The smallest absolute Gasteiger partial charge is 0.354 e. The standard InChI is InChI=1S/C9H11NO2/c1-12-9(11)7-4-6-5-2-3-10(7)8(5)6/h4-6,8H,2-3H2,1H3/t5-,6+,8-/m0/s1. The van der Waals surface area contributed by atoms with Crippen molar-refractivity contribution in [2.45, 2.75) is 12.5 Å². The second kappa shape index (κ2) is 1.84. The van der Waals surface area contributed by atoms with Gasteiger partial charge in [0.2, 0.25) is 0 Å². The molecule has 0 aromatic heterocycles. The van der Waals surface area contributed by atoms with E-state index in [1.54, 1.807) is 0 Å². The lowest BCUT2D eigenvalue weighted by molar-refractivity contribution is -0.137. The van der Waals surface area contributed by atoms with Crippen molar-refractivity contribution in [2.24, 2.45) is 11.8 Å². The summed E-state index contributed by atoms with van der Waals surface area (Å²) in [7, 11) is 1.45. The molecule has 1 saturated heterocycles. The number of hydrogen-bond acceptors (Lipinski definition) is 3. The predicted octanol–water partition coefficient (Wildman–Crippen LogP) is 0.377. The third-order valence-electron chi connectivity index (χ3n) is 3.30. The molecule has 3 atom stereocenters. The fraction of sp³-hybridized carbons (Fsp3) is 0.667. The summed E-state index contributed by atoms with van der Waals surface area (Å²) < 4.78 is 4.70. The quantitative estimate of drug-likeness (QED) is 0.526. The molecule has 3 nitrogen and oxygen atoms in total. The van der Waals surface area contributed by atoms with Crippen LogP contribution >= 0.6 is 0 Å². The molecule has 0 N–H and O–H groups in total. The normalized spacial score (nSPS) is 40.9. The average molecular weight is 165 g/mol. The maximum Gasteiger partial charge on any atom is 0.354 e. The molecule has 0 unspecified atom stereocenters. The van der Waals surface area contributed by atoms with Gasteiger partial charge in [0.1, 0.15) is 5.70 Å². The summed E-state index contributed by atoms with van der Waals surface area (Å²) in [4.78, 5) is 13.4. The number of hydrogen-bond donors (Lipinski definition) is 0. The molecule has 1 aliphatic carbocycles. The van der Waals surface area contributed by atoms with Crippen molar-refractivity contribution in [1.82, 2.24) is 4.90 Å². The minimum Gasteiger partial charge on any atom is -0.464 e. The highest BCUT2D eigenvalue weighted by Crippen LogP contribution is 2.57. The first-order valence-corrected chi connectivity index (χ1v) is 4.39. The lowest BCUT2D eigenvalue weighted by Gasteiger charge is -2.17. The molecule has 0 bridgehead atoms. The Labute approximate surface area is 71.0 Å². The first-order valence-electron chi connectivity index (χ1n) is 4.39. The van der Waals surface area contributed by atoms with E-state index in [2.05, 4.69) is 11.0 Å². The monoisotopic (exact) mass is 165 g/mol. The maximum absolute atomic E-state index is 11.2. The molecule has 3 heteroatoms. The number of ether oxygens (including phenoxy) is 1. The SMILES string of the molecule is COC(=O)C1=C[C@@H]2[C@@H]3CCN1[C@H]23. The number of nitrogens with zero attached hydrogens (tertiary/aromatic N) is 1. The highest BCUT2D eigenvalue weighted by Gasteiger charge is 2.61. The highest BCUT2D eigenvalue weighted by atomic mass is 16.5. The predicted molar refractivity (Wildman–Crippen MR) is 42.2 cm³/mol. The van der Waals surface area contributed by atoms with Crippen LogP contribution in [0.4, 0.5) is 0 Å². The van der Waals surface area contributed by atoms with Crippen molar-refractivity contribution < 1.29 is 9.53 Å². The van der Waals surface area contributed by atoms with Crippen LogP contribution in [0.1, 0.15) is 6.42 Å². The number of carbonyl (C=O) groups excluding carboxylic acids is 1. The third kappa shape index (κ3) is 0.564. The lowest BCUT2D eigenvalue weighted by Crippen LogP contribution is -2.25. The van der Waals surface area contributed by atoms with Gasteiger partial charge in [-0.05, 0) is 18.4 Å². The Balaban J connectivity index is 1.90. The van der Waals surface area contributed by atoms with E-state index in [1.807, 2.05) is 0 Å². The Bertz CT molecular complexity index is 284. The van der Waals surface area contributed by atoms with Crippen LogP contribution in [-0.2, 0) is 9.53 Å². The van der Waals surface area contributed by atoms with Crippen molar-refractivity contribution in [3.63, 3.8) is 0 Å². The number of fused-ring (bicyclic) bond motifs is 1. The second-order valence-corrected chi connectivity index (χ2v) is 3.76. The molecule has 0 aromatic carbocycles. The van der Waals surface area contributed by atoms with Gasteiger partial charge in [-0.2, -0.15) is 0 Å². The third-order valence-corrected chi connectivity index (χ3v) is 3.30. The van der Waals surface area contributed by atoms with Gasteiger partial charge in [-0.15, -0.1) is 0 Å². The Hall–Kier alpha value is -0.990. The van der Waals surface area contributed by atoms with Gasteiger partial charge in [-0.1, -0.05) is 0 Å². The molecule has 0 amide bonds. The van der Waals surface area contributed by atoms with Gasteiger partial charge in [0.15, 0.2) is 0 Å². The van der Waals surface area contributed by atoms with Gasteiger partial charge in [-0.3, -0.25) is 0 Å². The Morgan fingerprint density at radius 3 is 3.25 bits per heavy atom. The molecular formula is C9H11NO2. The van der Waals surface area contributed by atoms with Crippen molar-refractivity contribution in [1.29, 1.82) is 0 Å². The summed E-state index contributed by atoms with van der Waals surface area (Å²) in [6, 6.07) is 0.666. The number of esters is 1. The Kier molecular flexibility index (Phi) is 1.000. The van der Waals surface area contributed by atoms with E-state index >= 15 is 0 Å². The van der Waals surface area contributed by atoms with Gasteiger partial charge in [0.25, 0.3) is 0 Å². The molecule has 2 fully saturated rings. The molecule has 3 rings (SSSR count). The van der Waals surface area contributed by atoms with Crippen LogP contribution in [0.15, 0.2) is 11.8 Å². The summed E-state index contributed by atoms with van der Waals surface area (Å²) in [5, 5.41) is 0. The van der Waals surface area contributed by atoms with Crippen molar-refractivity contribution >= 4 is 5.97 Å². The van der Waals surface area contributed by atoms with Crippen LogP contribution in [0, 0.1) is 11.8 Å². The summed E-state index contributed by atoms with van der Waals surface area (Å²) in [6.45, 7) is 1.05. The van der Waals surface area contributed by atoms with E-state index in [-0.39, 0.29) is 5.97 Å². The first-order chi connectivity index (χ1) is 5.83. The number of carbonyl (C=O) groups is 1. The highest BCUT2D eigenvalue weighted by molar-refractivity contribution is 5.89. The number of piperidine rings is 1. The number of methoxy groups -OCH3 is 1. The minimum atomic E-state index is -0.164.